The molecule has 0 bridgehead atoms. The van der Waals surface area contributed by atoms with Crippen LogP contribution >= 0.6 is 11.6 Å². The fourth-order valence-corrected chi connectivity index (χ4v) is 1.80. The molecule has 0 atom stereocenters. The van der Waals surface area contributed by atoms with Gasteiger partial charge < -0.3 is 15.1 Å². The van der Waals surface area contributed by atoms with Gasteiger partial charge in [-0.25, -0.2) is 4.39 Å². The van der Waals surface area contributed by atoms with Gasteiger partial charge in [0.05, 0.1) is 17.0 Å². The second kappa shape index (κ2) is 6.90. The molecule has 5 nitrogen and oxygen atoms in total. The van der Waals surface area contributed by atoms with Gasteiger partial charge >= 0.3 is 0 Å². The fourth-order valence-electron chi connectivity index (χ4n) is 1.59. The van der Waals surface area contributed by atoms with Crippen molar-refractivity contribution < 1.29 is 18.4 Å². The molecule has 7 heteroatoms. The third-order valence-corrected chi connectivity index (χ3v) is 2.90. The average Bonchev–Trinajstić information content (AvgIpc) is 2.96. The highest BCUT2D eigenvalue weighted by Gasteiger charge is 2.10. The Morgan fingerprint density at radius 3 is 2.76 bits per heavy atom. The molecule has 0 unspecified atom stereocenters. The van der Waals surface area contributed by atoms with Crippen LogP contribution in [0.25, 0.3) is 0 Å². The Morgan fingerprint density at radius 1 is 1.29 bits per heavy atom. The lowest BCUT2D eigenvalue weighted by atomic mass is 10.3. The van der Waals surface area contributed by atoms with Gasteiger partial charge in [-0.15, -0.1) is 0 Å². The molecule has 0 aliphatic rings. The van der Waals surface area contributed by atoms with Crippen molar-refractivity contribution in [3.63, 3.8) is 0 Å². The number of hydrogen-bond acceptors (Lipinski definition) is 3. The minimum atomic E-state index is -0.483. The summed E-state index contributed by atoms with van der Waals surface area (Å²) in [5, 5.41) is 5.19. The molecule has 2 N–H and O–H groups in total. The minimum absolute atomic E-state index is 0.0557. The minimum Gasteiger partial charge on any atom is -0.459 e. The van der Waals surface area contributed by atoms with E-state index in [-0.39, 0.29) is 29.7 Å². The highest BCUT2D eigenvalue weighted by molar-refractivity contribution is 6.33. The number of halogens is 2. The summed E-state index contributed by atoms with van der Waals surface area (Å²) < 4.78 is 17.8. The molecule has 0 saturated heterocycles. The van der Waals surface area contributed by atoms with Gasteiger partial charge in [0, 0.05) is 13.0 Å². The Morgan fingerprint density at radius 2 is 2.10 bits per heavy atom. The first-order chi connectivity index (χ1) is 10.1. The maximum Gasteiger partial charge on any atom is 0.286 e. The number of carbonyl (C=O) groups is 2. The normalized spacial score (nSPS) is 10.2. The van der Waals surface area contributed by atoms with Crippen LogP contribution in [0.5, 0.6) is 0 Å². The third kappa shape index (κ3) is 4.32. The molecule has 0 aliphatic carbocycles. The molecule has 0 aliphatic heterocycles. The number of anilines is 1. The topological polar surface area (TPSA) is 71.3 Å². The van der Waals surface area contributed by atoms with E-state index in [1.807, 2.05) is 0 Å². The number of carbonyl (C=O) groups excluding carboxylic acids is 2. The van der Waals surface area contributed by atoms with Crippen LogP contribution in [0.4, 0.5) is 10.1 Å². The lowest BCUT2D eigenvalue weighted by Crippen LogP contribution is -2.27. The summed E-state index contributed by atoms with van der Waals surface area (Å²) in [6.07, 6.45) is 1.44. The van der Waals surface area contributed by atoms with E-state index in [0.29, 0.717) is 5.69 Å². The SMILES string of the molecule is O=C(CCNC(=O)c1ccco1)Nc1ccc(F)cc1Cl. The van der Waals surface area contributed by atoms with Crippen molar-refractivity contribution in [1.82, 2.24) is 5.32 Å². The van der Waals surface area contributed by atoms with Crippen LogP contribution in [0.15, 0.2) is 41.0 Å². The number of furan rings is 1. The van der Waals surface area contributed by atoms with E-state index in [0.717, 1.165) is 6.07 Å². The van der Waals surface area contributed by atoms with Crippen LogP contribution in [0.2, 0.25) is 5.02 Å². The Hall–Kier alpha value is -2.34. The molecule has 0 radical (unpaired) electrons. The highest BCUT2D eigenvalue weighted by Crippen LogP contribution is 2.22. The number of amides is 2. The second-order valence-electron chi connectivity index (χ2n) is 4.16. The fraction of sp³-hybridized carbons (Fsp3) is 0.143. The molecule has 21 heavy (non-hydrogen) atoms. The van der Waals surface area contributed by atoms with Crippen molar-refractivity contribution >= 4 is 29.1 Å². The average molecular weight is 311 g/mol. The summed E-state index contributed by atoms with van der Waals surface area (Å²) in [5.41, 5.74) is 0.320. The van der Waals surface area contributed by atoms with Crippen molar-refractivity contribution in [2.45, 2.75) is 6.42 Å². The summed E-state index contributed by atoms with van der Waals surface area (Å²) in [7, 11) is 0. The van der Waals surface area contributed by atoms with Gasteiger partial charge in [-0.3, -0.25) is 9.59 Å². The second-order valence-corrected chi connectivity index (χ2v) is 4.56. The lowest BCUT2D eigenvalue weighted by molar-refractivity contribution is -0.116. The lowest BCUT2D eigenvalue weighted by Gasteiger charge is -2.07. The van der Waals surface area contributed by atoms with Crippen molar-refractivity contribution in [1.29, 1.82) is 0 Å². The smallest absolute Gasteiger partial charge is 0.286 e. The van der Waals surface area contributed by atoms with E-state index in [1.165, 1.54) is 24.5 Å². The zero-order chi connectivity index (χ0) is 15.2. The van der Waals surface area contributed by atoms with Crippen LogP contribution < -0.4 is 10.6 Å². The summed E-state index contributed by atoms with van der Waals surface area (Å²) in [5.74, 6) is -1.04. The quantitative estimate of drug-likeness (QED) is 0.892. The molecule has 110 valence electrons. The molecular weight excluding hydrogens is 299 g/mol. The molecule has 0 spiro atoms. The predicted octanol–water partition coefficient (Wildman–Crippen LogP) is 2.83. The molecule has 0 fully saturated rings. The first-order valence-electron chi connectivity index (χ1n) is 6.13. The molecule has 2 aromatic rings. The van der Waals surface area contributed by atoms with Crippen molar-refractivity contribution in [3.8, 4) is 0 Å². The van der Waals surface area contributed by atoms with E-state index < -0.39 is 11.7 Å². The Kier molecular flexibility index (Phi) is 4.94. The summed E-state index contributed by atoms with van der Waals surface area (Å²) in [4.78, 5) is 23.2. The molecule has 0 saturated carbocycles. The molecule has 1 aromatic heterocycles. The first-order valence-corrected chi connectivity index (χ1v) is 6.50. The molecule has 1 heterocycles. The van der Waals surface area contributed by atoms with Crippen LogP contribution in [0, 0.1) is 5.82 Å². The van der Waals surface area contributed by atoms with Crippen LogP contribution in [0.1, 0.15) is 17.0 Å². The van der Waals surface area contributed by atoms with Gasteiger partial charge in [0.2, 0.25) is 5.91 Å². The molecule has 2 amide bonds. The maximum absolute atomic E-state index is 12.9. The highest BCUT2D eigenvalue weighted by atomic mass is 35.5. The van der Waals surface area contributed by atoms with Gasteiger partial charge in [0.25, 0.3) is 5.91 Å². The molecule has 1 aromatic carbocycles. The predicted molar refractivity (Wildman–Crippen MR) is 75.7 cm³/mol. The first kappa shape index (κ1) is 15.1. The molecular formula is C14H12ClFN2O3. The number of rotatable bonds is 5. The van der Waals surface area contributed by atoms with Crippen molar-refractivity contribution in [2.24, 2.45) is 0 Å². The largest absolute Gasteiger partial charge is 0.459 e. The number of nitrogens with one attached hydrogen (secondary N) is 2. The van der Waals surface area contributed by atoms with Crippen LogP contribution in [0.3, 0.4) is 0 Å². The van der Waals surface area contributed by atoms with Crippen LogP contribution in [-0.4, -0.2) is 18.4 Å². The maximum atomic E-state index is 12.9. The van der Waals surface area contributed by atoms with Gasteiger partial charge in [-0.1, -0.05) is 11.6 Å². The van der Waals surface area contributed by atoms with E-state index in [4.69, 9.17) is 16.0 Å². The van der Waals surface area contributed by atoms with E-state index in [9.17, 15) is 14.0 Å². The summed E-state index contributed by atoms with van der Waals surface area (Å²) in [6, 6.07) is 6.79. The van der Waals surface area contributed by atoms with Gasteiger partial charge in [0.15, 0.2) is 5.76 Å². The zero-order valence-corrected chi connectivity index (χ0v) is 11.6. The van der Waals surface area contributed by atoms with Crippen LogP contribution in [-0.2, 0) is 4.79 Å². The van der Waals surface area contributed by atoms with Crippen molar-refractivity contribution in [3.05, 3.63) is 53.2 Å². The van der Waals surface area contributed by atoms with E-state index in [2.05, 4.69) is 10.6 Å². The Balaban J connectivity index is 1.78. The Labute approximate surface area is 125 Å². The number of hydrogen-bond donors (Lipinski definition) is 2. The monoisotopic (exact) mass is 310 g/mol. The molecule has 2 rings (SSSR count). The van der Waals surface area contributed by atoms with Gasteiger partial charge in [0.1, 0.15) is 5.82 Å². The van der Waals surface area contributed by atoms with E-state index in [1.54, 1.807) is 6.07 Å². The van der Waals surface area contributed by atoms with E-state index >= 15 is 0 Å². The van der Waals surface area contributed by atoms with Crippen molar-refractivity contribution in [2.75, 3.05) is 11.9 Å². The third-order valence-electron chi connectivity index (χ3n) is 2.59. The van der Waals surface area contributed by atoms with Gasteiger partial charge in [-0.05, 0) is 30.3 Å². The summed E-state index contributed by atoms with van der Waals surface area (Å²) in [6.45, 7) is 0.143. The standard InChI is InChI=1S/C14H12ClFN2O3/c15-10-8-9(16)3-4-11(10)18-13(19)5-6-17-14(20)12-2-1-7-21-12/h1-4,7-8H,5-6H2,(H,17,20)(H,18,19). The summed E-state index contributed by atoms with van der Waals surface area (Å²) >= 11 is 5.79. The van der Waals surface area contributed by atoms with Gasteiger partial charge in [-0.2, -0.15) is 0 Å². The zero-order valence-electron chi connectivity index (χ0n) is 10.9. The number of benzene rings is 1. The Bertz CT molecular complexity index is 644.